The molecule has 0 amide bonds. The summed E-state index contributed by atoms with van der Waals surface area (Å²) in [6.07, 6.45) is 2.06. The lowest BCUT2D eigenvalue weighted by Crippen LogP contribution is -2.16. The molecule has 0 unspecified atom stereocenters. The van der Waals surface area contributed by atoms with Crippen molar-refractivity contribution in [2.75, 3.05) is 12.0 Å². The summed E-state index contributed by atoms with van der Waals surface area (Å²) < 4.78 is 0. The Morgan fingerprint density at radius 3 is 2.33 bits per heavy atom. The van der Waals surface area contributed by atoms with Gasteiger partial charge < -0.3 is 5.73 Å². The van der Waals surface area contributed by atoms with E-state index in [4.69, 9.17) is 5.73 Å². The molecule has 0 bridgehead atoms. The minimum atomic E-state index is 0.361. The van der Waals surface area contributed by atoms with Crippen molar-refractivity contribution in [3.63, 3.8) is 0 Å². The lowest BCUT2D eigenvalue weighted by Gasteiger charge is -1.96. The van der Waals surface area contributed by atoms with Crippen molar-refractivity contribution in [3.8, 4) is 0 Å². The van der Waals surface area contributed by atoms with E-state index in [2.05, 4.69) is 6.26 Å². The summed E-state index contributed by atoms with van der Waals surface area (Å²) in [6.45, 7) is 2.01. The van der Waals surface area contributed by atoms with Crippen LogP contribution in [-0.2, 0) is 0 Å². The van der Waals surface area contributed by atoms with Crippen molar-refractivity contribution < 1.29 is 0 Å². The third-order valence-corrected chi connectivity index (χ3v) is 1.29. The Morgan fingerprint density at radius 2 is 2.33 bits per heavy atom. The molecule has 0 aliphatic carbocycles. The highest BCUT2D eigenvalue weighted by Crippen LogP contribution is 1.91. The predicted octanol–water partition coefficient (Wildman–Crippen LogP) is 0.697. The van der Waals surface area contributed by atoms with Crippen molar-refractivity contribution in [3.05, 3.63) is 0 Å². The van der Waals surface area contributed by atoms with Crippen molar-refractivity contribution in [1.82, 2.24) is 0 Å². The zero-order valence-electron chi connectivity index (χ0n) is 4.27. The second-order valence-corrected chi connectivity index (χ2v) is 2.34. The summed E-state index contributed by atoms with van der Waals surface area (Å²) in [5, 5.41) is 0. The summed E-state index contributed by atoms with van der Waals surface area (Å²) in [5.74, 6) is 1.07. The smallest absolute Gasteiger partial charge is 0.0101 e. The molecule has 0 aliphatic heterocycles. The first-order valence-corrected chi connectivity index (χ1v) is 3.41. The van der Waals surface area contributed by atoms with Gasteiger partial charge in [-0.05, 0) is 13.2 Å². The molecule has 6 heavy (non-hydrogen) atoms. The van der Waals surface area contributed by atoms with Gasteiger partial charge in [-0.15, -0.1) is 0 Å². The molecule has 1 atom stereocenters. The number of rotatable bonds is 2. The van der Waals surface area contributed by atoms with Crippen LogP contribution in [0.2, 0.25) is 0 Å². The molecule has 1 nitrogen and oxygen atoms in total. The molecule has 0 saturated heterocycles. The summed E-state index contributed by atoms with van der Waals surface area (Å²) >= 11 is 1.78. The van der Waals surface area contributed by atoms with E-state index in [1.54, 1.807) is 11.8 Å². The molecule has 0 saturated carbocycles. The SMILES string of the molecule is CSC[C@H](C)N. The third kappa shape index (κ3) is 4.31. The van der Waals surface area contributed by atoms with E-state index in [0.29, 0.717) is 6.04 Å². The number of thioether (sulfide) groups is 1. The average Bonchev–Trinajstić information content (AvgIpc) is 1.35. The Balaban J connectivity index is 2.63. The van der Waals surface area contributed by atoms with Crippen LogP contribution in [0.5, 0.6) is 0 Å². The van der Waals surface area contributed by atoms with Gasteiger partial charge in [0.05, 0.1) is 0 Å². The molecular formula is C4H11NS. The third-order valence-electron chi connectivity index (χ3n) is 0.430. The second-order valence-electron chi connectivity index (χ2n) is 1.43. The van der Waals surface area contributed by atoms with Gasteiger partial charge in [0.25, 0.3) is 0 Å². The summed E-state index contributed by atoms with van der Waals surface area (Å²) in [5.41, 5.74) is 5.38. The Hall–Kier alpha value is 0.310. The number of hydrogen-bond donors (Lipinski definition) is 1. The first kappa shape index (κ1) is 6.31. The van der Waals surface area contributed by atoms with Gasteiger partial charge in [0.2, 0.25) is 0 Å². The van der Waals surface area contributed by atoms with Gasteiger partial charge in [-0.25, -0.2) is 0 Å². The van der Waals surface area contributed by atoms with E-state index in [0.717, 1.165) is 5.75 Å². The van der Waals surface area contributed by atoms with E-state index >= 15 is 0 Å². The molecule has 0 rings (SSSR count). The molecule has 0 radical (unpaired) electrons. The quantitative estimate of drug-likeness (QED) is 0.559. The van der Waals surface area contributed by atoms with Crippen LogP contribution < -0.4 is 5.73 Å². The molecule has 0 aromatic heterocycles. The normalized spacial score (nSPS) is 14.5. The molecular weight excluding hydrogens is 94.1 g/mol. The van der Waals surface area contributed by atoms with Crippen molar-refractivity contribution in [1.29, 1.82) is 0 Å². The van der Waals surface area contributed by atoms with Crippen LogP contribution >= 0.6 is 11.8 Å². The van der Waals surface area contributed by atoms with Crippen LogP contribution in [0.4, 0.5) is 0 Å². The van der Waals surface area contributed by atoms with Crippen LogP contribution in [0.1, 0.15) is 6.92 Å². The van der Waals surface area contributed by atoms with E-state index < -0.39 is 0 Å². The molecule has 0 spiro atoms. The first-order chi connectivity index (χ1) is 2.77. The molecule has 0 aromatic carbocycles. The fourth-order valence-corrected chi connectivity index (χ4v) is 0.789. The molecule has 38 valence electrons. The molecule has 0 aromatic rings. The highest BCUT2D eigenvalue weighted by atomic mass is 32.2. The molecule has 0 aliphatic rings. The van der Waals surface area contributed by atoms with Gasteiger partial charge in [-0.3, -0.25) is 0 Å². The maximum Gasteiger partial charge on any atom is 0.0101 e. The average molecular weight is 105 g/mol. The standard InChI is InChI=1S/C4H11NS/c1-4(5)3-6-2/h4H,3,5H2,1-2H3/t4-/m0/s1. The van der Waals surface area contributed by atoms with Gasteiger partial charge >= 0.3 is 0 Å². The Bertz CT molecular complexity index is 28.7. The minimum absolute atomic E-state index is 0.361. The lowest BCUT2D eigenvalue weighted by molar-refractivity contribution is 0.848. The van der Waals surface area contributed by atoms with Crippen molar-refractivity contribution >= 4 is 11.8 Å². The van der Waals surface area contributed by atoms with Gasteiger partial charge in [0, 0.05) is 11.8 Å². The minimum Gasteiger partial charge on any atom is -0.327 e. The van der Waals surface area contributed by atoms with Gasteiger partial charge in [-0.2, -0.15) is 11.8 Å². The van der Waals surface area contributed by atoms with E-state index in [1.165, 1.54) is 0 Å². The zero-order chi connectivity index (χ0) is 4.99. The Morgan fingerprint density at radius 1 is 1.83 bits per heavy atom. The lowest BCUT2D eigenvalue weighted by atomic mass is 10.4. The largest absolute Gasteiger partial charge is 0.327 e. The second kappa shape index (κ2) is 3.50. The van der Waals surface area contributed by atoms with Crippen molar-refractivity contribution in [2.24, 2.45) is 5.73 Å². The monoisotopic (exact) mass is 105 g/mol. The summed E-state index contributed by atoms with van der Waals surface area (Å²) in [7, 11) is 0. The summed E-state index contributed by atoms with van der Waals surface area (Å²) in [6, 6.07) is 0.361. The fraction of sp³-hybridized carbons (Fsp3) is 1.00. The fourth-order valence-electron chi connectivity index (χ4n) is 0.263. The first-order valence-electron chi connectivity index (χ1n) is 2.02. The number of hydrogen-bond acceptors (Lipinski definition) is 2. The zero-order valence-corrected chi connectivity index (χ0v) is 5.09. The van der Waals surface area contributed by atoms with Crippen molar-refractivity contribution in [2.45, 2.75) is 13.0 Å². The molecule has 2 heteroatoms. The van der Waals surface area contributed by atoms with Crippen LogP contribution in [0.3, 0.4) is 0 Å². The van der Waals surface area contributed by atoms with E-state index in [9.17, 15) is 0 Å². The molecule has 0 heterocycles. The Labute approximate surface area is 43.3 Å². The maximum atomic E-state index is 5.38. The van der Waals surface area contributed by atoms with E-state index in [-0.39, 0.29) is 0 Å². The highest BCUT2D eigenvalue weighted by molar-refractivity contribution is 7.98. The maximum absolute atomic E-state index is 5.38. The predicted molar refractivity (Wildman–Crippen MR) is 32.0 cm³/mol. The van der Waals surface area contributed by atoms with E-state index in [1.807, 2.05) is 6.92 Å². The van der Waals surface area contributed by atoms with Gasteiger partial charge in [0.1, 0.15) is 0 Å². The van der Waals surface area contributed by atoms with Crippen LogP contribution in [0.15, 0.2) is 0 Å². The number of nitrogens with two attached hydrogens (primary N) is 1. The topological polar surface area (TPSA) is 26.0 Å². The van der Waals surface area contributed by atoms with Gasteiger partial charge in [0.15, 0.2) is 0 Å². The summed E-state index contributed by atoms with van der Waals surface area (Å²) in [4.78, 5) is 0. The highest BCUT2D eigenvalue weighted by Gasteiger charge is 1.85. The van der Waals surface area contributed by atoms with Crippen LogP contribution in [-0.4, -0.2) is 18.1 Å². The molecule has 0 fully saturated rings. The van der Waals surface area contributed by atoms with Crippen LogP contribution in [0, 0.1) is 0 Å². The molecule has 2 N–H and O–H groups in total. The Kier molecular flexibility index (Phi) is 3.68. The van der Waals surface area contributed by atoms with Gasteiger partial charge in [-0.1, -0.05) is 0 Å². The van der Waals surface area contributed by atoms with Crippen LogP contribution in [0.25, 0.3) is 0 Å².